The summed E-state index contributed by atoms with van der Waals surface area (Å²) in [5.74, 6) is 1.62. The van der Waals surface area contributed by atoms with Gasteiger partial charge in [0.2, 0.25) is 5.91 Å². The molecular weight excluding hydrogens is 248 g/mol. The van der Waals surface area contributed by atoms with Crippen molar-refractivity contribution in [2.24, 2.45) is 11.8 Å². The maximum atomic E-state index is 12.3. The van der Waals surface area contributed by atoms with Gasteiger partial charge in [-0.05, 0) is 50.6 Å². The van der Waals surface area contributed by atoms with Crippen LogP contribution in [0.3, 0.4) is 0 Å². The third-order valence-corrected chi connectivity index (χ3v) is 3.79. The van der Waals surface area contributed by atoms with Gasteiger partial charge in [0.1, 0.15) is 0 Å². The van der Waals surface area contributed by atoms with Gasteiger partial charge in [-0.3, -0.25) is 4.79 Å². The molecule has 0 aromatic carbocycles. The van der Waals surface area contributed by atoms with Crippen molar-refractivity contribution in [3.8, 4) is 0 Å². The first-order valence-corrected chi connectivity index (χ1v) is 7.17. The highest BCUT2D eigenvalue weighted by Gasteiger charge is 2.33. The number of hydrogen-bond acceptors (Lipinski definition) is 2. The van der Waals surface area contributed by atoms with E-state index in [1.54, 1.807) is 0 Å². The number of piperidine rings is 1. The fraction of sp³-hybridized carbons (Fsp3) is 0.929. The van der Waals surface area contributed by atoms with Gasteiger partial charge < -0.3 is 10.2 Å². The molecular formula is C14H27ClN2O. The Morgan fingerprint density at radius 2 is 1.83 bits per heavy atom. The van der Waals surface area contributed by atoms with Crippen molar-refractivity contribution in [3.63, 3.8) is 0 Å². The second kappa shape index (κ2) is 7.34. The number of amides is 1. The summed E-state index contributed by atoms with van der Waals surface area (Å²) in [4.78, 5) is 14.5. The molecule has 0 spiro atoms. The molecule has 2 aliphatic rings. The average molecular weight is 275 g/mol. The van der Waals surface area contributed by atoms with E-state index < -0.39 is 0 Å². The molecule has 0 aromatic rings. The van der Waals surface area contributed by atoms with E-state index in [-0.39, 0.29) is 12.4 Å². The van der Waals surface area contributed by atoms with Gasteiger partial charge in [0.05, 0.1) is 0 Å². The lowest BCUT2D eigenvalue weighted by molar-refractivity contribution is -0.133. The molecule has 1 N–H and O–H groups in total. The maximum absolute atomic E-state index is 12.3. The standard InChI is InChI=1S/C14H26N2O.ClH/c1-11(2)10-16(13-3-4-13)14(17)9-12-5-7-15-8-6-12;/h11-13,15H,3-10H2,1-2H3;1H. The van der Waals surface area contributed by atoms with Crippen molar-refractivity contribution in [2.75, 3.05) is 19.6 Å². The molecule has 3 nitrogen and oxygen atoms in total. The molecule has 1 saturated heterocycles. The van der Waals surface area contributed by atoms with Gasteiger partial charge in [-0.1, -0.05) is 13.8 Å². The van der Waals surface area contributed by atoms with Crippen molar-refractivity contribution in [2.45, 2.75) is 52.0 Å². The molecule has 2 fully saturated rings. The van der Waals surface area contributed by atoms with Gasteiger partial charge in [-0.2, -0.15) is 0 Å². The van der Waals surface area contributed by atoms with E-state index in [0.717, 1.165) is 26.1 Å². The van der Waals surface area contributed by atoms with E-state index in [2.05, 4.69) is 24.1 Å². The average Bonchev–Trinajstić information content (AvgIpc) is 3.10. The molecule has 1 aliphatic heterocycles. The Labute approximate surface area is 117 Å². The summed E-state index contributed by atoms with van der Waals surface area (Å²) in [5.41, 5.74) is 0. The second-order valence-electron chi connectivity index (χ2n) is 6.07. The van der Waals surface area contributed by atoms with Crippen LogP contribution in [-0.2, 0) is 4.79 Å². The lowest BCUT2D eigenvalue weighted by Gasteiger charge is -2.28. The Hall–Kier alpha value is -0.280. The molecule has 106 valence electrons. The molecule has 1 aliphatic carbocycles. The van der Waals surface area contributed by atoms with Crippen molar-refractivity contribution >= 4 is 18.3 Å². The summed E-state index contributed by atoms with van der Waals surface area (Å²) >= 11 is 0. The highest BCUT2D eigenvalue weighted by atomic mass is 35.5. The fourth-order valence-corrected chi connectivity index (χ4v) is 2.68. The number of hydrogen-bond donors (Lipinski definition) is 1. The fourth-order valence-electron chi connectivity index (χ4n) is 2.68. The lowest BCUT2D eigenvalue weighted by Crippen LogP contribution is -2.38. The van der Waals surface area contributed by atoms with Crippen LogP contribution in [0.25, 0.3) is 0 Å². The summed E-state index contributed by atoms with van der Waals surface area (Å²) < 4.78 is 0. The monoisotopic (exact) mass is 274 g/mol. The number of carbonyl (C=O) groups is 1. The molecule has 0 unspecified atom stereocenters. The van der Waals surface area contributed by atoms with Crippen LogP contribution in [0.1, 0.15) is 46.0 Å². The first kappa shape index (κ1) is 15.8. The van der Waals surface area contributed by atoms with Crippen molar-refractivity contribution < 1.29 is 4.79 Å². The molecule has 0 bridgehead atoms. The summed E-state index contributed by atoms with van der Waals surface area (Å²) in [6.45, 7) is 7.53. The zero-order valence-electron chi connectivity index (χ0n) is 11.7. The van der Waals surface area contributed by atoms with E-state index in [1.165, 1.54) is 25.7 Å². The Bertz CT molecular complexity index is 261. The minimum atomic E-state index is 0. The van der Waals surface area contributed by atoms with Crippen LogP contribution in [0.2, 0.25) is 0 Å². The molecule has 1 saturated carbocycles. The minimum absolute atomic E-state index is 0. The van der Waals surface area contributed by atoms with Crippen LogP contribution in [0, 0.1) is 11.8 Å². The maximum Gasteiger partial charge on any atom is 0.223 e. The van der Waals surface area contributed by atoms with Gasteiger partial charge in [0, 0.05) is 19.0 Å². The largest absolute Gasteiger partial charge is 0.339 e. The highest BCUT2D eigenvalue weighted by molar-refractivity contribution is 5.85. The van der Waals surface area contributed by atoms with Gasteiger partial charge >= 0.3 is 0 Å². The molecule has 1 heterocycles. The summed E-state index contributed by atoms with van der Waals surface area (Å²) in [6, 6.07) is 0.576. The zero-order chi connectivity index (χ0) is 12.3. The van der Waals surface area contributed by atoms with Crippen LogP contribution >= 0.6 is 12.4 Å². The molecule has 0 aromatic heterocycles. The minimum Gasteiger partial charge on any atom is -0.339 e. The predicted octanol–water partition coefficient (Wildman–Crippen LogP) is 2.44. The first-order chi connectivity index (χ1) is 8.16. The predicted molar refractivity (Wildman–Crippen MR) is 77.0 cm³/mol. The smallest absolute Gasteiger partial charge is 0.223 e. The van der Waals surface area contributed by atoms with Crippen LogP contribution in [-0.4, -0.2) is 36.5 Å². The molecule has 4 heteroatoms. The molecule has 1 amide bonds. The normalized spacial score (nSPS) is 20.6. The van der Waals surface area contributed by atoms with Crippen molar-refractivity contribution in [1.82, 2.24) is 10.2 Å². The molecule has 0 radical (unpaired) electrons. The Morgan fingerprint density at radius 3 is 2.33 bits per heavy atom. The Kier molecular flexibility index (Phi) is 6.44. The van der Waals surface area contributed by atoms with E-state index in [4.69, 9.17) is 0 Å². The van der Waals surface area contributed by atoms with Crippen molar-refractivity contribution in [3.05, 3.63) is 0 Å². The van der Waals surface area contributed by atoms with Crippen LogP contribution in [0.15, 0.2) is 0 Å². The number of rotatable bonds is 5. The Morgan fingerprint density at radius 1 is 1.22 bits per heavy atom. The van der Waals surface area contributed by atoms with Gasteiger partial charge in [0.25, 0.3) is 0 Å². The number of nitrogens with zero attached hydrogens (tertiary/aromatic N) is 1. The first-order valence-electron chi connectivity index (χ1n) is 7.17. The van der Waals surface area contributed by atoms with E-state index in [0.29, 0.717) is 23.8 Å². The van der Waals surface area contributed by atoms with Crippen LogP contribution < -0.4 is 5.32 Å². The topological polar surface area (TPSA) is 32.3 Å². The second-order valence-corrected chi connectivity index (χ2v) is 6.07. The highest BCUT2D eigenvalue weighted by Crippen LogP contribution is 2.29. The number of halogens is 1. The molecule has 2 rings (SSSR count). The number of carbonyl (C=O) groups excluding carboxylic acids is 1. The third kappa shape index (κ3) is 4.77. The van der Waals surface area contributed by atoms with Gasteiger partial charge in [-0.25, -0.2) is 0 Å². The summed E-state index contributed by atoms with van der Waals surface area (Å²) in [5, 5.41) is 3.36. The zero-order valence-corrected chi connectivity index (χ0v) is 12.5. The van der Waals surface area contributed by atoms with E-state index in [9.17, 15) is 4.79 Å². The Balaban J connectivity index is 0.00000162. The SMILES string of the molecule is CC(C)CN(C(=O)CC1CCNCC1)C1CC1.Cl. The van der Waals surface area contributed by atoms with Crippen molar-refractivity contribution in [1.29, 1.82) is 0 Å². The van der Waals surface area contributed by atoms with Crippen LogP contribution in [0.4, 0.5) is 0 Å². The molecule has 0 atom stereocenters. The van der Waals surface area contributed by atoms with Crippen LogP contribution in [0.5, 0.6) is 0 Å². The quantitative estimate of drug-likeness (QED) is 0.835. The van der Waals surface area contributed by atoms with E-state index >= 15 is 0 Å². The summed E-state index contributed by atoms with van der Waals surface area (Å²) in [6.07, 6.45) is 5.58. The lowest BCUT2D eigenvalue weighted by atomic mass is 9.94. The summed E-state index contributed by atoms with van der Waals surface area (Å²) in [7, 11) is 0. The third-order valence-electron chi connectivity index (χ3n) is 3.79. The number of nitrogens with one attached hydrogen (secondary N) is 1. The van der Waals surface area contributed by atoms with E-state index in [1.807, 2.05) is 0 Å². The molecule has 18 heavy (non-hydrogen) atoms. The van der Waals surface area contributed by atoms with Gasteiger partial charge in [0.15, 0.2) is 0 Å². The van der Waals surface area contributed by atoms with Gasteiger partial charge in [-0.15, -0.1) is 12.4 Å².